The average molecular weight is 399 g/mol. The van der Waals surface area contributed by atoms with E-state index in [-0.39, 0.29) is 16.7 Å². The molecular weight excluding hydrogens is 378 g/mol. The van der Waals surface area contributed by atoms with Crippen LogP contribution in [0.15, 0.2) is 58.4 Å². The zero-order chi connectivity index (χ0) is 19.6. The summed E-state index contributed by atoms with van der Waals surface area (Å²) in [7, 11) is -3.72. The third kappa shape index (κ3) is 4.01. The summed E-state index contributed by atoms with van der Waals surface area (Å²) in [5.74, 6) is 0.756. The molecule has 0 fully saturated rings. The zero-order valence-corrected chi connectivity index (χ0v) is 16.0. The summed E-state index contributed by atoms with van der Waals surface area (Å²) in [5.41, 5.74) is 1.42. The summed E-state index contributed by atoms with van der Waals surface area (Å²) in [6.45, 7) is 0.933. The number of benzene rings is 2. The lowest BCUT2D eigenvalue weighted by atomic mass is 9.96. The topological polar surface area (TPSA) is 96.9 Å². The molecule has 0 radical (unpaired) electrons. The second-order valence-electron chi connectivity index (χ2n) is 6.87. The number of para-hydroxylation sites is 1. The number of nitrogens with zero attached hydrogens (tertiary/aromatic N) is 1. The Morgan fingerprint density at radius 3 is 2.82 bits per heavy atom. The predicted octanol–water partition coefficient (Wildman–Crippen LogP) is 2.35. The van der Waals surface area contributed by atoms with Crippen LogP contribution >= 0.6 is 0 Å². The quantitative estimate of drug-likeness (QED) is 0.825. The van der Waals surface area contributed by atoms with Crippen LogP contribution in [0.25, 0.3) is 0 Å². The van der Waals surface area contributed by atoms with Crippen LogP contribution in [0, 0.1) is 5.92 Å². The van der Waals surface area contributed by atoms with Crippen LogP contribution in [0.1, 0.15) is 18.4 Å². The van der Waals surface area contributed by atoms with Crippen molar-refractivity contribution in [1.82, 2.24) is 4.72 Å². The molecule has 2 aromatic carbocycles. The molecule has 0 unspecified atom stereocenters. The molecule has 4 rings (SSSR count). The van der Waals surface area contributed by atoms with Gasteiger partial charge in [0.15, 0.2) is 0 Å². The van der Waals surface area contributed by atoms with Crippen LogP contribution in [-0.2, 0) is 21.2 Å². The molecule has 2 heterocycles. The van der Waals surface area contributed by atoms with Gasteiger partial charge in [0.2, 0.25) is 5.91 Å². The zero-order valence-electron chi connectivity index (χ0n) is 15.2. The Bertz CT molecular complexity index is 1030. The smallest absolute Gasteiger partial charge is 0.262 e. The summed E-state index contributed by atoms with van der Waals surface area (Å²) >= 11 is 0. The Hall–Kier alpha value is -2.87. The molecule has 2 aliphatic rings. The van der Waals surface area contributed by atoms with E-state index in [2.05, 4.69) is 15.0 Å². The first-order valence-corrected chi connectivity index (χ1v) is 10.7. The maximum absolute atomic E-state index is 12.6. The van der Waals surface area contributed by atoms with E-state index in [1.165, 1.54) is 12.1 Å². The summed E-state index contributed by atoms with van der Waals surface area (Å²) in [4.78, 5) is 16.9. The van der Waals surface area contributed by atoms with Gasteiger partial charge in [0, 0.05) is 18.7 Å². The molecule has 2 aliphatic heterocycles. The van der Waals surface area contributed by atoms with Crippen molar-refractivity contribution in [2.24, 2.45) is 10.9 Å². The largest absolute Gasteiger partial charge is 0.492 e. The predicted molar refractivity (Wildman–Crippen MR) is 106 cm³/mol. The van der Waals surface area contributed by atoms with E-state index >= 15 is 0 Å². The highest BCUT2D eigenvalue weighted by Gasteiger charge is 2.26. The molecule has 0 aliphatic carbocycles. The van der Waals surface area contributed by atoms with E-state index < -0.39 is 10.0 Å². The Morgan fingerprint density at radius 2 is 2.00 bits per heavy atom. The van der Waals surface area contributed by atoms with Crippen molar-refractivity contribution in [3.05, 3.63) is 54.1 Å². The van der Waals surface area contributed by atoms with E-state index in [1.54, 1.807) is 12.1 Å². The average Bonchev–Trinajstić information content (AvgIpc) is 3.20. The van der Waals surface area contributed by atoms with Crippen molar-refractivity contribution >= 4 is 27.5 Å². The molecule has 7 nitrogen and oxygen atoms in total. The molecule has 2 N–H and O–H groups in total. The van der Waals surface area contributed by atoms with E-state index in [4.69, 9.17) is 4.74 Å². The summed E-state index contributed by atoms with van der Waals surface area (Å²) in [6, 6.07) is 13.9. The summed E-state index contributed by atoms with van der Waals surface area (Å²) in [6.07, 6.45) is 2.06. The van der Waals surface area contributed by atoms with E-state index in [9.17, 15) is 13.2 Å². The number of carbonyl (C=O) groups is 1. The van der Waals surface area contributed by atoms with Gasteiger partial charge in [-0.15, -0.1) is 0 Å². The molecule has 146 valence electrons. The number of nitrogens with one attached hydrogen (secondary N) is 2. The van der Waals surface area contributed by atoms with E-state index in [0.717, 1.165) is 17.7 Å². The molecule has 1 atom stereocenters. The second kappa shape index (κ2) is 7.63. The molecule has 0 bridgehead atoms. The Balaban J connectivity index is 1.45. The van der Waals surface area contributed by atoms with Crippen LogP contribution < -0.4 is 14.8 Å². The molecule has 2 aromatic rings. The van der Waals surface area contributed by atoms with E-state index in [1.807, 2.05) is 24.3 Å². The molecule has 1 amide bonds. The minimum Gasteiger partial charge on any atom is -0.492 e. The number of amidine groups is 1. The van der Waals surface area contributed by atoms with Crippen molar-refractivity contribution in [3.8, 4) is 5.75 Å². The summed E-state index contributed by atoms with van der Waals surface area (Å²) in [5, 5.41) is 2.81. The number of rotatable bonds is 4. The second-order valence-corrected chi connectivity index (χ2v) is 8.56. The van der Waals surface area contributed by atoms with Gasteiger partial charge in [-0.3, -0.25) is 14.5 Å². The van der Waals surface area contributed by atoms with Gasteiger partial charge in [-0.2, -0.15) is 0 Å². The van der Waals surface area contributed by atoms with E-state index in [0.29, 0.717) is 37.5 Å². The van der Waals surface area contributed by atoms with Gasteiger partial charge >= 0.3 is 0 Å². The van der Waals surface area contributed by atoms with Crippen molar-refractivity contribution in [3.63, 3.8) is 0 Å². The Labute approximate surface area is 163 Å². The third-order valence-electron chi connectivity index (χ3n) is 4.79. The fraction of sp³-hybridized carbons (Fsp3) is 0.300. The number of amides is 1. The third-order valence-corrected chi connectivity index (χ3v) is 6.17. The van der Waals surface area contributed by atoms with Gasteiger partial charge < -0.3 is 10.1 Å². The number of anilines is 1. The number of ether oxygens (including phenoxy) is 1. The first-order chi connectivity index (χ1) is 13.5. The van der Waals surface area contributed by atoms with Gasteiger partial charge in [0.05, 0.1) is 10.8 Å². The fourth-order valence-corrected chi connectivity index (χ4v) is 4.45. The van der Waals surface area contributed by atoms with Crippen LogP contribution in [-0.4, -0.2) is 33.3 Å². The number of hydrogen-bond acceptors (Lipinski definition) is 5. The first-order valence-electron chi connectivity index (χ1n) is 9.19. The lowest BCUT2D eigenvalue weighted by molar-refractivity contribution is -0.121. The van der Waals surface area contributed by atoms with Crippen molar-refractivity contribution in [1.29, 1.82) is 0 Å². The number of aliphatic imine (C=N–C) groups is 1. The SMILES string of the molecule is O=C(Nc1cccc(S(=O)(=O)NC2=NCCC2)c1)[C@H]1COc2ccccc2C1. The number of hydrogen-bond donors (Lipinski definition) is 2. The lowest BCUT2D eigenvalue weighted by Gasteiger charge is -2.24. The van der Waals surface area contributed by atoms with Gasteiger partial charge in [-0.05, 0) is 42.7 Å². The molecule has 0 saturated carbocycles. The maximum Gasteiger partial charge on any atom is 0.262 e. The first kappa shape index (κ1) is 18.5. The molecule has 8 heteroatoms. The standard InChI is InChI=1S/C20H21N3O4S/c24-20(15-11-14-5-1-2-8-18(14)27-13-15)22-16-6-3-7-17(12-16)28(25,26)23-19-9-4-10-21-19/h1-3,5-8,12,15H,4,9-11,13H2,(H,21,23)(H,22,24)/t15-/m1/s1. The fourth-order valence-electron chi connectivity index (χ4n) is 3.32. The summed E-state index contributed by atoms with van der Waals surface area (Å²) < 4.78 is 33.3. The molecule has 0 saturated heterocycles. The maximum atomic E-state index is 12.6. The molecule has 0 aromatic heterocycles. The van der Waals surface area contributed by atoms with Crippen LogP contribution in [0.3, 0.4) is 0 Å². The van der Waals surface area contributed by atoms with Crippen LogP contribution in [0.4, 0.5) is 5.69 Å². The van der Waals surface area contributed by atoms with Crippen LogP contribution in [0.2, 0.25) is 0 Å². The van der Waals surface area contributed by atoms with Gasteiger partial charge in [0.1, 0.15) is 18.2 Å². The van der Waals surface area contributed by atoms with Crippen molar-refractivity contribution < 1.29 is 17.9 Å². The van der Waals surface area contributed by atoms with Crippen molar-refractivity contribution in [2.75, 3.05) is 18.5 Å². The van der Waals surface area contributed by atoms with Gasteiger partial charge in [-0.1, -0.05) is 24.3 Å². The van der Waals surface area contributed by atoms with Gasteiger partial charge in [-0.25, -0.2) is 8.42 Å². The molecule has 28 heavy (non-hydrogen) atoms. The normalized spacial score (nSPS) is 18.6. The van der Waals surface area contributed by atoms with Crippen LogP contribution in [0.5, 0.6) is 5.75 Å². The number of carbonyl (C=O) groups excluding carboxylic acids is 1. The highest BCUT2D eigenvalue weighted by molar-refractivity contribution is 7.90. The minimum atomic E-state index is -3.72. The lowest BCUT2D eigenvalue weighted by Crippen LogP contribution is -2.32. The Kier molecular flexibility index (Phi) is 5.04. The molecular formula is C20H21N3O4S. The molecule has 0 spiro atoms. The highest BCUT2D eigenvalue weighted by atomic mass is 32.2. The number of sulfonamides is 1. The highest BCUT2D eigenvalue weighted by Crippen LogP contribution is 2.27. The van der Waals surface area contributed by atoms with Crippen molar-refractivity contribution in [2.45, 2.75) is 24.2 Å². The Morgan fingerprint density at radius 1 is 1.14 bits per heavy atom. The minimum absolute atomic E-state index is 0.0881. The monoisotopic (exact) mass is 399 g/mol. The van der Waals surface area contributed by atoms with Gasteiger partial charge in [0.25, 0.3) is 10.0 Å². The number of fused-ring (bicyclic) bond motifs is 1.